The molecule has 0 atom stereocenters. The Hall–Kier alpha value is -2.57. The number of halogens is 2. The number of aromatic nitrogens is 1. The van der Waals surface area contributed by atoms with Gasteiger partial charge in [-0.2, -0.15) is 0 Å². The summed E-state index contributed by atoms with van der Waals surface area (Å²) in [7, 11) is 0. The van der Waals surface area contributed by atoms with E-state index in [4.69, 9.17) is 5.73 Å². The molecule has 0 amide bonds. The molecule has 0 radical (unpaired) electrons. The number of nitrogens with two attached hydrogens (primary N) is 1. The molecule has 0 spiro atoms. The summed E-state index contributed by atoms with van der Waals surface area (Å²) in [5.41, 5.74) is 6.81. The molecule has 7 heteroatoms. The van der Waals surface area contributed by atoms with Crippen molar-refractivity contribution in [1.82, 2.24) is 4.98 Å². The molecule has 3 rings (SSSR count). The van der Waals surface area contributed by atoms with Gasteiger partial charge in [0, 0.05) is 29.7 Å². The predicted molar refractivity (Wildman–Crippen MR) is 64.6 cm³/mol. The van der Waals surface area contributed by atoms with Crippen LogP contribution in [0.4, 0.5) is 26.0 Å². The Morgan fingerprint density at radius 2 is 1.79 bits per heavy atom. The van der Waals surface area contributed by atoms with Crippen LogP contribution in [0, 0.1) is 0 Å². The van der Waals surface area contributed by atoms with Gasteiger partial charge in [0.1, 0.15) is 5.82 Å². The maximum Gasteiger partial charge on any atom is 0.586 e. The molecule has 1 aromatic heterocycles. The van der Waals surface area contributed by atoms with Crippen molar-refractivity contribution in [3.63, 3.8) is 0 Å². The standard InChI is InChI=1S/C12H9F2N3O2/c13-12(14)18-9-2-1-7(5-10(9)19-12)17-8-3-4-16-11(15)6-8/h1-6H,(H3,15,16,17). The SMILES string of the molecule is Nc1cc(Nc2ccc3c(c2)OC(F)(F)O3)ccn1. The lowest BCUT2D eigenvalue weighted by Gasteiger charge is -2.07. The molecule has 0 fully saturated rings. The average Bonchev–Trinajstić information content (AvgIpc) is 2.62. The normalized spacial score (nSPS) is 15.3. The van der Waals surface area contributed by atoms with E-state index in [1.807, 2.05) is 0 Å². The van der Waals surface area contributed by atoms with E-state index < -0.39 is 6.29 Å². The number of nitrogens with zero attached hydrogens (tertiary/aromatic N) is 1. The number of hydrogen-bond donors (Lipinski definition) is 2. The second kappa shape index (κ2) is 3.98. The molecule has 2 heterocycles. The monoisotopic (exact) mass is 265 g/mol. The van der Waals surface area contributed by atoms with Crippen LogP contribution in [0.25, 0.3) is 0 Å². The van der Waals surface area contributed by atoms with E-state index in [-0.39, 0.29) is 11.5 Å². The van der Waals surface area contributed by atoms with Gasteiger partial charge in [0.25, 0.3) is 0 Å². The molecule has 0 unspecified atom stereocenters. The van der Waals surface area contributed by atoms with Crippen LogP contribution < -0.4 is 20.5 Å². The Balaban J connectivity index is 1.85. The molecule has 0 bridgehead atoms. The van der Waals surface area contributed by atoms with Crippen molar-refractivity contribution in [1.29, 1.82) is 0 Å². The first-order valence-electron chi connectivity index (χ1n) is 5.40. The van der Waals surface area contributed by atoms with E-state index in [0.717, 1.165) is 0 Å². The highest BCUT2D eigenvalue weighted by Crippen LogP contribution is 2.42. The van der Waals surface area contributed by atoms with Gasteiger partial charge in [-0.05, 0) is 18.2 Å². The van der Waals surface area contributed by atoms with Crippen LogP contribution in [0.15, 0.2) is 36.5 Å². The van der Waals surface area contributed by atoms with E-state index in [0.29, 0.717) is 17.2 Å². The van der Waals surface area contributed by atoms with Crippen LogP contribution in [0.3, 0.4) is 0 Å². The largest absolute Gasteiger partial charge is 0.586 e. The Morgan fingerprint density at radius 1 is 1.05 bits per heavy atom. The maximum absolute atomic E-state index is 12.9. The Labute approximate surface area is 107 Å². The van der Waals surface area contributed by atoms with Crippen LogP contribution in [0.2, 0.25) is 0 Å². The highest BCUT2D eigenvalue weighted by Gasteiger charge is 2.43. The molecule has 98 valence electrons. The molecule has 1 aliphatic rings. The zero-order valence-corrected chi connectivity index (χ0v) is 9.56. The van der Waals surface area contributed by atoms with Gasteiger partial charge < -0.3 is 20.5 Å². The number of hydrogen-bond acceptors (Lipinski definition) is 5. The number of alkyl halides is 2. The van der Waals surface area contributed by atoms with Gasteiger partial charge in [-0.1, -0.05) is 0 Å². The van der Waals surface area contributed by atoms with Gasteiger partial charge in [0.2, 0.25) is 0 Å². The number of nitrogen functional groups attached to an aromatic ring is 1. The summed E-state index contributed by atoms with van der Waals surface area (Å²) in [6, 6.07) is 7.75. The number of nitrogens with one attached hydrogen (secondary N) is 1. The zero-order chi connectivity index (χ0) is 13.5. The lowest BCUT2D eigenvalue weighted by atomic mass is 10.2. The molecular formula is C12H9F2N3O2. The minimum Gasteiger partial charge on any atom is -0.395 e. The summed E-state index contributed by atoms with van der Waals surface area (Å²) >= 11 is 0. The molecule has 19 heavy (non-hydrogen) atoms. The number of ether oxygens (including phenoxy) is 2. The smallest absolute Gasteiger partial charge is 0.395 e. The van der Waals surface area contributed by atoms with E-state index in [1.54, 1.807) is 24.4 Å². The van der Waals surface area contributed by atoms with Gasteiger partial charge in [-0.15, -0.1) is 8.78 Å². The number of benzene rings is 1. The summed E-state index contributed by atoms with van der Waals surface area (Å²) in [5.74, 6) is 0.346. The average molecular weight is 265 g/mol. The second-order valence-electron chi connectivity index (χ2n) is 3.92. The minimum atomic E-state index is -3.61. The number of fused-ring (bicyclic) bond motifs is 1. The van der Waals surface area contributed by atoms with Crippen molar-refractivity contribution < 1.29 is 18.3 Å². The third-order valence-corrected chi connectivity index (χ3v) is 2.47. The Bertz CT molecular complexity index is 634. The molecule has 0 saturated carbocycles. The first kappa shape index (κ1) is 11.5. The van der Waals surface area contributed by atoms with Crippen LogP contribution in [0.1, 0.15) is 0 Å². The fourth-order valence-electron chi connectivity index (χ4n) is 1.72. The molecular weight excluding hydrogens is 256 g/mol. The van der Waals surface area contributed by atoms with Crippen molar-refractivity contribution in [2.75, 3.05) is 11.1 Å². The summed E-state index contributed by atoms with van der Waals surface area (Å²) in [4.78, 5) is 3.85. The number of anilines is 3. The molecule has 5 nitrogen and oxygen atoms in total. The first-order valence-corrected chi connectivity index (χ1v) is 5.40. The van der Waals surface area contributed by atoms with E-state index in [2.05, 4.69) is 19.8 Å². The lowest BCUT2D eigenvalue weighted by Crippen LogP contribution is -2.25. The van der Waals surface area contributed by atoms with Crippen molar-refractivity contribution in [3.05, 3.63) is 36.5 Å². The van der Waals surface area contributed by atoms with Crippen LogP contribution in [-0.2, 0) is 0 Å². The van der Waals surface area contributed by atoms with Gasteiger partial charge in [-0.3, -0.25) is 0 Å². The van der Waals surface area contributed by atoms with Gasteiger partial charge in [0.05, 0.1) is 0 Å². The highest BCUT2D eigenvalue weighted by atomic mass is 19.3. The van der Waals surface area contributed by atoms with Crippen LogP contribution >= 0.6 is 0 Å². The fraction of sp³-hybridized carbons (Fsp3) is 0.0833. The van der Waals surface area contributed by atoms with Gasteiger partial charge in [0.15, 0.2) is 11.5 Å². The van der Waals surface area contributed by atoms with Gasteiger partial charge >= 0.3 is 6.29 Å². The fourth-order valence-corrected chi connectivity index (χ4v) is 1.72. The third kappa shape index (κ3) is 2.35. The van der Waals surface area contributed by atoms with E-state index in [9.17, 15) is 8.78 Å². The number of rotatable bonds is 2. The first-order chi connectivity index (χ1) is 9.02. The van der Waals surface area contributed by atoms with Crippen LogP contribution in [-0.4, -0.2) is 11.3 Å². The van der Waals surface area contributed by atoms with E-state index >= 15 is 0 Å². The van der Waals surface area contributed by atoms with Crippen molar-refractivity contribution in [3.8, 4) is 11.5 Å². The molecule has 1 aromatic carbocycles. The zero-order valence-electron chi connectivity index (χ0n) is 9.56. The maximum atomic E-state index is 12.9. The summed E-state index contributed by atoms with van der Waals surface area (Å²) < 4.78 is 34.4. The molecule has 3 N–H and O–H groups in total. The van der Waals surface area contributed by atoms with Crippen molar-refractivity contribution >= 4 is 17.2 Å². The predicted octanol–water partition coefficient (Wildman–Crippen LogP) is 2.73. The van der Waals surface area contributed by atoms with Crippen molar-refractivity contribution in [2.24, 2.45) is 0 Å². The topological polar surface area (TPSA) is 69.4 Å². The molecule has 1 aliphatic heterocycles. The number of pyridine rings is 1. The lowest BCUT2D eigenvalue weighted by molar-refractivity contribution is -0.286. The summed E-state index contributed by atoms with van der Waals surface area (Å²) in [6.45, 7) is 0. The Kier molecular flexibility index (Phi) is 2.41. The summed E-state index contributed by atoms with van der Waals surface area (Å²) in [6.07, 6.45) is -2.07. The molecule has 0 saturated heterocycles. The molecule has 2 aromatic rings. The quantitative estimate of drug-likeness (QED) is 0.873. The van der Waals surface area contributed by atoms with Crippen LogP contribution in [0.5, 0.6) is 11.5 Å². The second-order valence-corrected chi connectivity index (χ2v) is 3.92. The minimum absolute atomic E-state index is 0.00444. The van der Waals surface area contributed by atoms with Gasteiger partial charge in [-0.25, -0.2) is 4.98 Å². The highest BCUT2D eigenvalue weighted by molar-refractivity contribution is 5.65. The van der Waals surface area contributed by atoms with Crippen molar-refractivity contribution in [2.45, 2.75) is 6.29 Å². The van der Waals surface area contributed by atoms with E-state index in [1.165, 1.54) is 12.1 Å². The Morgan fingerprint density at radius 3 is 2.58 bits per heavy atom. The third-order valence-electron chi connectivity index (χ3n) is 2.47. The summed E-state index contributed by atoms with van der Waals surface area (Å²) in [5, 5.41) is 3.00. The molecule has 0 aliphatic carbocycles.